The molecule has 0 radical (unpaired) electrons. The normalized spacial score (nSPS) is 11.6. The zero-order chi connectivity index (χ0) is 12.9. The van der Waals surface area contributed by atoms with Gasteiger partial charge < -0.3 is 4.42 Å². The lowest BCUT2D eigenvalue weighted by molar-refractivity contribution is 0.0980. The van der Waals surface area contributed by atoms with E-state index in [1.165, 1.54) is 6.26 Å². The fourth-order valence-electron chi connectivity index (χ4n) is 1.59. The molecule has 0 fully saturated rings. The Morgan fingerprint density at radius 2 is 2.06 bits per heavy atom. The van der Waals surface area contributed by atoms with Crippen LogP contribution in [0.15, 0.2) is 16.7 Å². The van der Waals surface area contributed by atoms with Gasteiger partial charge in [0.25, 0.3) is 0 Å². The van der Waals surface area contributed by atoms with E-state index in [-0.39, 0.29) is 23.7 Å². The number of furan rings is 1. The fraction of sp³-hybridized carbons (Fsp3) is 0.583. The summed E-state index contributed by atoms with van der Waals surface area (Å²) in [5.74, 6) is 0.844. The van der Waals surface area contributed by atoms with Crippen LogP contribution in [0.25, 0.3) is 0 Å². The first-order valence-electron chi connectivity index (χ1n) is 5.80. The Labute approximate surface area is 102 Å². The van der Waals surface area contributed by atoms with Gasteiger partial charge in [-0.05, 0) is 12.5 Å². The first-order valence-corrected chi connectivity index (χ1v) is 7.62. The van der Waals surface area contributed by atoms with Crippen molar-refractivity contribution in [3.63, 3.8) is 0 Å². The van der Waals surface area contributed by atoms with Gasteiger partial charge in [0.1, 0.15) is 15.6 Å². The third-order valence-corrected chi connectivity index (χ3v) is 4.46. The zero-order valence-corrected chi connectivity index (χ0v) is 11.0. The second-order valence-corrected chi connectivity index (χ2v) is 6.35. The molecule has 0 amide bonds. The molecule has 0 unspecified atom stereocenters. The molecular weight excluding hydrogens is 240 g/mol. The molecule has 96 valence electrons. The summed E-state index contributed by atoms with van der Waals surface area (Å²) in [6.07, 6.45) is 2.80. The van der Waals surface area contributed by atoms with E-state index in [0.717, 1.165) is 0 Å². The molecule has 1 aromatic rings. The van der Waals surface area contributed by atoms with Gasteiger partial charge in [-0.3, -0.25) is 4.79 Å². The first-order chi connectivity index (χ1) is 8.00. The Morgan fingerprint density at radius 3 is 2.65 bits per heavy atom. The van der Waals surface area contributed by atoms with E-state index < -0.39 is 9.84 Å². The number of Topliss-reactive ketones (excluding diaryl/α,β-unsaturated/α-hetero) is 1. The maximum absolute atomic E-state index is 11.8. The van der Waals surface area contributed by atoms with Crippen molar-refractivity contribution >= 4 is 15.6 Å². The van der Waals surface area contributed by atoms with Crippen LogP contribution >= 0.6 is 0 Å². The minimum absolute atomic E-state index is 0.0399. The van der Waals surface area contributed by atoms with Crippen LogP contribution in [0.5, 0.6) is 0 Å². The van der Waals surface area contributed by atoms with Crippen molar-refractivity contribution in [2.45, 2.75) is 33.1 Å². The smallest absolute Gasteiger partial charge is 0.166 e. The standard InChI is InChI=1S/C12H18O4S/c1-3-12-10(7-8-16-12)11(13)6-5-9-17(14,15)4-2/h7-8H,3-6,9H2,1-2H3. The summed E-state index contributed by atoms with van der Waals surface area (Å²) in [7, 11) is -2.98. The monoisotopic (exact) mass is 258 g/mol. The number of hydrogen-bond acceptors (Lipinski definition) is 4. The molecule has 0 aromatic carbocycles. The predicted octanol–water partition coefficient (Wildman–Crippen LogP) is 2.24. The second kappa shape index (κ2) is 6.00. The summed E-state index contributed by atoms with van der Waals surface area (Å²) < 4.78 is 27.7. The number of ketones is 1. The molecule has 1 rings (SSSR count). The minimum Gasteiger partial charge on any atom is -0.469 e. The largest absolute Gasteiger partial charge is 0.469 e. The predicted molar refractivity (Wildman–Crippen MR) is 66.0 cm³/mol. The van der Waals surface area contributed by atoms with E-state index >= 15 is 0 Å². The van der Waals surface area contributed by atoms with Crippen molar-refractivity contribution in [1.29, 1.82) is 0 Å². The Hall–Kier alpha value is -1.10. The molecule has 0 spiro atoms. The highest BCUT2D eigenvalue weighted by atomic mass is 32.2. The van der Waals surface area contributed by atoms with Gasteiger partial charge in [-0.1, -0.05) is 13.8 Å². The maximum Gasteiger partial charge on any atom is 0.166 e. The molecule has 1 aromatic heterocycles. The highest BCUT2D eigenvalue weighted by Crippen LogP contribution is 2.14. The van der Waals surface area contributed by atoms with Gasteiger partial charge in [0, 0.05) is 18.6 Å². The van der Waals surface area contributed by atoms with Gasteiger partial charge in [-0.15, -0.1) is 0 Å². The van der Waals surface area contributed by atoms with E-state index in [4.69, 9.17) is 4.42 Å². The molecular formula is C12H18O4S. The Kier molecular flexibility index (Phi) is 4.93. The molecule has 0 aliphatic heterocycles. The van der Waals surface area contributed by atoms with Gasteiger partial charge in [0.05, 0.1) is 17.6 Å². The molecule has 0 saturated heterocycles. The highest BCUT2D eigenvalue weighted by Gasteiger charge is 2.14. The van der Waals surface area contributed by atoms with Crippen LogP contribution in [0.2, 0.25) is 0 Å². The molecule has 0 aliphatic carbocycles. The number of hydrogen-bond donors (Lipinski definition) is 0. The Morgan fingerprint density at radius 1 is 1.35 bits per heavy atom. The minimum atomic E-state index is -2.98. The lowest BCUT2D eigenvalue weighted by atomic mass is 10.1. The van der Waals surface area contributed by atoms with Crippen molar-refractivity contribution in [3.8, 4) is 0 Å². The third kappa shape index (κ3) is 4.00. The molecule has 0 saturated carbocycles. The summed E-state index contributed by atoms with van der Waals surface area (Å²) in [6.45, 7) is 3.53. The molecule has 5 heteroatoms. The number of aryl methyl sites for hydroxylation is 1. The van der Waals surface area contributed by atoms with Crippen LogP contribution in [-0.2, 0) is 16.3 Å². The van der Waals surface area contributed by atoms with E-state index in [9.17, 15) is 13.2 Å². The number of carbonyl (C=O) groups is 1. The van der Waals surface area contributed by atoms with E-state index in [1.54, 1.807) is 13.0 Å². The molecule has 0 atom stereocenters. The van der Waals surface area contributed by atoms with E-state index in [2.05, 4.69) is 0 Å². The summed E-state index contributed by atoms with van der Waals surface area (Å²) in [5.41, 5.74) is 0.585. The lowest BCUT2D eigenvalue weighted by Gasteiger charge is -2.01. The SMILES string of the molecule is CCc1occc1C(=O)CCCS(=O)(=O)CC. The summed E-state index contributed by atoms with van der Waals surface area (Å²) in [4.78, 5) is 11.8. The zero-order valence-electron chi connectivity index (χ0n) is 10.2. The van der Waals surface area contributed by atoms with Crippen molar-refractivity contribution in [1.82, 2.24) is 0 Å². The highest BCUT2D eigenvalue weighted by molar-refractivity contribution is 7.91. The summed E-state index contributed by atoms with van der Waals surface area (Å²) in [6, 6.07) is 1.65. The van der Waals surface area contributed by atoms with Gasteiger partial charge in [-0.2, -0.15) is 0 Å². The number of rotatable bonds is 7. The molecule has 0 bridgehead atoms. The van der Waals surface area contributed by atoms with Crippen molar-refractivity contribution in [2.24, 2.45) is 0 Å². The fourth-order valence-corrected chi connectivity index (χ4v) is 2.47. The molecule has 17 heavy (non-hydrogen) atoms. The van der Waals surface area contributed by atoms with Crippen molar-refractivity contribution < 1.29 is 17.6 Å². The summed E-state index contributed by atoms with van der Waals surface area (Å²) >= 11 is 0. The van der Waals surface area contributed by atoms with E-state index in [1.807, 2.05) is 6.92 Å². The van der Waals surface area contributed by atoms with Crippen LogP contribution in [-0.4, -0.2) is 25.7 Å². The molecule has 0 N–H and O–H groups in total. The van der Waals surface area contributed by atoms with Crippen LogP contribution in [0.3, 0.4) is 0 Å². The van der Waals surface area contributed by atoms with Crippen LogP contribution < -0.4 is 0 Å². The molecule has 4 nitrogen and oxygen atoms in total. The van der Waals surface area contributed by atoms with Crippen molar-refractivity contribution in [3.05, 3.63) is 23.7 Å². The average molecular weight is 258 g/mol. The van der Waals surface area contributed by atoms with Gasteiger partial charge >= 0.3 is 0 Å². The summed E-state index contributed by atoms with van der Waals surface area (Å²) in [5, 5.41) is 0. The maximum atomic E-state index is 11.8. The second-order valence-electron chi connectivity index (χ2n) is 3.87. The van der Waals surface area contributed by atoms with Crippen LogP contribution in [0.1, 0.15) is 42.8 Å². The topological polar surface area (TPSA) is 64.3 Å². The van der Waals surface area contributed by atoms with Crippen LogP contribution in [0.4, 0.5) is 0 Å². The lowest BCUT2D eigenvalue weighted by Crippen LogP contribution is -2.10. The molecule has 0 aliphatic rings. The quantitative estimate of drug-likeness (QED) is 0.703. The van der Waals surface area contributed by atoms with E-state index in [0.29, 0.717) is 24.2 Å². The number of sulfone groups is 1. The van der Waals surface area contributed by atoms with Crippen LogP contribution in [0, 0.1) is 0 Å². The Bertz CT molecular complexity index is 470. The third-order valence-electron chi connectivity index (χ3n) is 2.67. The molecule has 1 heterocycles. The van der Waals surface area contributed by atoms with Gasteiger partial charge in [0.2, 0.25) is 0 Å². The van der Waals surface area contributed by atoms with Crippen molar-refractivity contribution in [2.75, 3.05) is 11.5 Å². The first kappa shape index (κ1) is 14.0. The van der Waals surface area contributed by atoms with Gasteiger partial charge in [-0.25, -0.2) is 8.42 Å². The number of carbonyl (C=O) groups excluding carboxylic acids is 1. The average Bonchev–Trinajstić information content (AvgIpc) is 2.76. The Balaban J connectivity index is 2.51. The van der Waals surface area contributed by atoms with Gasteiger partial charge in [0.15, 0.2) is 5.78 Å².